The van der Waals surface area contributed by atoms with Gasteiger partial charge in [0.25, 0.3) is 11.8 Å². The van der Waals surface area contributed by atoms with Gasteiger partial charge in [0, 0.05) is 5.56 Å². The lowest BCUT2D eigenvalue weighted by atomic mass is 10.1. The first-order valence-corrected chi connectivity index (χ1v) is 12.7. The number of thiocarbonyl (C=S) groups is 1. The minimum atomic E-state index is -0.402. The molecular formula is C28H26N2O4S2. The number of hydrogen-bond donors (Lipinski definition) is 1. The molecule has 1 aliphatic rings. The van der Waals surface area contributed by atoms with Crippen LogP contribution in [-0.4, -0.2) is 27.8 Å². The number of carbonyl (C=O) groups is 2. The molecule has 1 N–H and O–H groups in total. The number of benzene rings is 3. The predicted octanol–water partition coefficient (Wildman–Crippen LogP) is 5.83. The van der Waals surface area contributed by atoms with Crippen LogP contribution >= 0.6 is 24.0 Å². The second-order valence-corrected chi connectivity index (χ2v) is 9.85. The quantitative estimate of drug-likeness (QED) is 0.299. The van der Waals surface area contributed by atoms with Crippen LogP contribution in [0.2, 0.25) is 0 Å². The number of thioether (sulfide) groups is 1. The number of ether oxygens (including phenoxy) is 2. The Morgan fingerprint density at radius 2 is 1.78 bits per heavy atom. The van der Waals surface area contributed by atoms with Gasteiger partial charge in [-0.25, -0.2) is 0 Å². The Bertz CT molecular complexity index is 1340. The van der Waals surface area contributed by atoms with Crippen molar-refractivity contribution in [3.63, 3.8) is 0 Å². The molecule has 0 atom stereocenters. The van der Waals surface area contributed by atoms with Crippen molar-refractivity contribution in [1.82, 2.24) is 10.4 Å². The average molecular weight is 519 g/mol. The Hall–Kier alpha value is -3.62. The second kappa shape index (κ2) is 11.4. The Morgan fingerprint density at radius 3 is 2.50 bits per heavy atom. The Kier molecular flexibility index (Phi) is 8.07. The van der Waals surface area contributed by atoms with Gasteiger partial charge in [-0.05, 0) is 80.0 Å². The van der Waals surface area contributed by atoms with Crippen LogP contribution in [0.25, 0.3) is 6.08 Å². The summed E-state index contributed by atoms with van der Waals surface area (Å²) >= 11 is 6.48. The molecule has 1 fully saturated rings. The normalized spacial score (nSPS) is 14.3. The van der Waals surface area contributed by atoms with Crippen LogP contribution in [0.4, 0.5) is 0 Å². The number of nitrogens with zero attached hydrogens (tertiary/aromatic N) is 1. The van der Waals surface area contributed by atoms with Crippen molar-refractivity contribution >= 4 is 46.2 Å². The van der Waals surface area contributed by atoms with Crippen molar-refractivity contribution in [3.8, 4) is 11.5 Å². The van der Waals surface area contributed by atoms with Crippen LogP contribution in [-0.2, 0) is 11.4 Å². The number of carbonyl (C=O) groups excluding carboxylic acids is 2. The third kappa shape index (κ3) is 5.95. The first kappa shape index (κ1) is 25.5. The molecule has 0 saturated carbocycles. The third-order valence-electron chi connectivity index (χ3n) is 5.53. The summed E-state index contributed by atoms with van der Waals surface area (Å²) < 4.78 is 12.1. The first-order chi connectivity index (χ1) is 17.4. The minimum Gasteiger partial charge on any atom is -0.490 e. The van der Waals surface area contributed by atoms with E-state index in [1.807, 2.05) is 75.4 Å². The first-order valence-electron chi connectivity index (χ1n) is 11.5. The molecule has 3 aromatic rings. The standard InChI is InChI=1S/C28H26N2O4S2/c1-4-33-24-15-20(11-14-23(24)34-17-22-8-6-5-7-19(22)3)16-25-27(32)30(28(35)36-25)29-26(31)21-12-9-18(2)10-13-21/h5-16H,4,17H2,1-3H3,(H,29,31)/b25-16-. The van der Waals surface area contributed by atoms with Crippen molar-refractivity contribution in [2.75, 3.05) is 6.61 Å². The van der Waals surface area contributed by atoms with Gasteiger partial charge in [-0.15, -0.1) is 0 Å². The summed E-state index contributed by atoms with van der Waals surface area (Å²) in [6.07, 6.45) is 1.73. The number of nitrogens with one attached hydrogen (secondary N) is 1. The van der Waals surface area contributed by atoms with Crippen molar-refractivity contribution in [2.24, 2.45) is 0 Å². The maximum absolute atomic E-state index is 13.0. The van der Waals surface area contributed by atoms with Gasteiger partial charge in [0.2, 0.25) is 0 Å². The summed E-state index contributed by atoms with van der Waals surface area (Å²) in [5.74, 6) is 0.419. The van der Waals surface area contributed by atoms with E-state index < -0.39 is 5.91 Å². The van der Waals surface area contributed by atoms with Gasteiger partial charge >= 0.3 is 0 Å². The van der Waals surface area contributed by atoms with E-state index >= 15 is 0 Å². The van der Waals surface area contributed by atoms with Gasteiger partial charge in [0.15, 0.2) is 15.8 Å². The molecule has 0 spiro atoms. The summed E-state index contributed by atoms with van der Waals surface area (Å²) in [5, 5.41) is 1.11. The Labute approximate surface area is 220 Å². The zero-order valence-corrected chi connectivity index (χ0v) is 21.9. The summed E-state index contributed by atoms with van der Waals surface area (Å²) in [4.78, 5) is 26.0. The monoisotopic (exact) mass is 518 g/mol. The molecule has 8 heteroatoms. The zero-order chi connectivity index (χ0) is 25.7. The smallest absolute Gasteiger partial charge is 0.285 e. The molecule has 0 bridgehead atoms. The topological polar surface area (TPSA) is 67.9 Å². The number of hydrazine groups is 1. The van der Waals surface area contributed by atoms with E-state index in [9.17, 15) is 9.59 Å². The van der Waals surface area contributed by atoms with E-state index in [1.54, 1.807) is 18.2 Å². The highest BCUT2D eigenvalue weighted by molar-refractivity contribution is 8.26. The van der Waals surface area contributed by atoms with Crippen molar-refractivity contribution in [1.29, 1.82) is 0 Å². The molecular weight excluding hydrogens is 492 g/mol. The molecule has 184 valence electrons. The molecule has 0 aromatic heterocycles. The Balaban J connectivity index is 1.49. The van der Waals surface area contributed by atoms with Crippen LogP contribution < -0.4 is 14.9 Å². The third-order valence-corrected chi connectivity index (χ3v) is 6.83. The SMILES string of the molecule is CCOc1cc(/C=C2\SC(=S)N(NC(=O)c3ccc(C)cc3)C2=O)ccc1OCc1ccccc1C. The van der Waals surface area contributed by atoms with Gasteiger partial charge in [-0.1, -0.05) is 59.8 Å². The van der Waals surface area contributed by atoms with Crippen LogP contribution in [0, 0.1) is 13.8 Å². The molecule has 0 radical (unpaired) electrons. The lowest BCUT2D eigenvalue weighted by Gasteiger charge is -2.15. The van der Waals surface area contributed by atoms with Crippen LogP contribution in [0.3, 0.4) is 0 Å². The van der Waals surface area contributed by atoms with E-state index in [2.05, 4.69) is 5.43 Å². The fourth-order valence-corrected chi connectivity index (χ4v) is 4.70. The van der Waals surface area contributed by atoms with Crippen molar-refractivity contribution in [2.45, 2.75) is 27.4 Å². The van der Waals surface area contributed by atoms with E-state index in [0.717, 1.165) is 39.0 Å². The number of aryl methyl sites for hydroxylation is 2. The summed E-state index contributed by atoms with van der Waals surface area (Å²) in [6.45, 7) is 6.78. The number of rotatable bonds is 8. The second-order valence-electron chi connectivity index (χ2n) is 8.18. The van der Waals surface area contributed by atoms with E-state index in [1.165, 1.54) is 0 Å². The Morgan fingerprint density at radius 1 is 1.03 bits per heavy atom. The maximum atomic E-state index is 13.0. The molecule has 2 amide bonds. The van der Waals surface area contributed by atoms with Crippen LogP contribution in [0.1, 0.15) is 39.5 Å². The number of hydrogen-bond acceptors (Lipinski definition) is 6. The predicted molar refractivity (Wildman–Crippen MR) is 147 cm³/mol. The molecule has 6 nitrogen and oxygen atoms in total. The minimum absolute atomic E-state index is 0.259. The van der Waals surface area contributed by atoms with Gasteiger partial charge in [0.05, 0.1) is 11.5 Å². The molecule has 1 aliphatic heterocycles. The molecule has 1 saturated heterocycles. The summed E-state index contributed by atoms with van der Waals surface area (Å²) in [5.41, 5.74) is 7.10. The van der Waals surface area contributed by atoms with Gasteiger partial charge in [-0.2, -0.15) is 5.01 Å². The lowest BCUT2D eigenvalue weighted by Crippen LogP contribution is -2.44. The fourth-order valence-electron chi connectivity index (χ4n) is 3.52. The molecule has 4 rings (SSSR count). The maximum Gasteiger partial charge on any atom is 0.285 e. The van der Waals surface area contributed by atoms with E-state index in [0.29, 0.717) is 35.2 Å². The van der Waals surface area contributed by atoms with Crippen molar-refractivity contribution in [3.05, 3.63) is 99.5 Å². The van der Waals surface area contributed by atoms with Gasteiger partial charge in [0.1, 0.15) is 6.61 Å². The van der Waals surface area contributed by atoms with E-state index in [4.69, 9.17) is 21.7 Å². The van der Waals surface area contributed by atoms with E-state index in [-0.39, 0.29) is 10.2 Å². The lowest BCUT2D eigenvalue weighted by molar-refractivity contribution is -0.123. The fraction of sp³-hybridized carbons (Fsp3) is 0.179. The van der Waals surface area contributed by atoms with Crippen LogP contribution in [0.5, 0.6) is 11.5 Å². The van der Waals surface area contributed by atoms with Crippen LogP contribution in [0.15, 0.2) is 71.6 Å². The average Bonchev–Trinajstić information content (AvgIpc) is 3.12. The molecule has 1 heterocycles. The summed E-state index contributed by atoms with van der Waals surface area (Å²) in [7, 11) is 0. The highest BCUT2D eigenvalue weighted by Gasteiger charge is 2.33. The highest BCUT2D eigenvalue weighted by Crippen LogP contribution is 2.34. The van der Waals surface area contributed by atoms with Gasteiger partial charge < -0.3 is 9.47 Å². The van der Waals surface area contributed by atoms with Crippen molar-refractivity contribution < 1.29 is 19.1 Å². The molecule has 0 unspecified atom stereocenters. The summed E-state index contributed by atoms with van der Waals surface area (Å²) in [6, 6.07) is 20.7. The largest absolute Gasteiger partial charge is 0.490 e. The molecule has 0 aliphatic carbocycles. The number of amides is 2. The highest BCUT2D eigenvalue weighted by atomic mass is 32.2. The molecule has 36 heavy (non-hydrogen) atoms. The molecule has 3 aromatic carbocycles. The zero-order valence-electron chi connectivity index (χ0n) is 20.2. The van der Waals surface area contributed by atoms with Gasteiger partial charge in [-0.3, -0.25) is 15.0 Å².